The van der Waals surface area contributed by atoms with Gasteiger partial charge in [0.2, 0.25) is 0 Å². The largest absolute Gasteiger partial charge is 0.488 e. The highest BCUT2D eigenvalue weighted by Gasteiger charge is 2.51. The molecule has 0 atom stereocenters. The van der Waals surface area contributed by atoms with E-state index in [1.54, 1.807) is 12.1 Å². The molecule has 1 spiro atoms. The van der Waals surface area contributed by atoms with E-state index >= 15 is 0 Å². The van der Waals surface area contributed by atoms with Crippen LogP contribution in [-0.4, -0.2) is 16.8 Å². The minimum absolute atomic E-state index is 0.266. The first-order valence-electron chi connectivity index (χ1n) is 10.3. The van der Waals surface area contributed by atoms with Crippen LogP contribution in [0.2, 0.25) is 0 Å². The molecule has 0 fully saturated rings. The van der Waals surface area contributed by atoms with E-state index in [1.165, 1.54) is 24.3 Å². The van der Waals surface area contributed by atoms with Crippen molar-refractivity contribution < 1.29 is 33.0 Å². The summed E-state index contributed by atoms with van der Waals surface area (Å²) in [6, 6.07) is 24.4. The lowest BCUT2D eigenvalue weighted by atomic mass is 9.70. The molecular formula is C25H14F2O6S2. The lowest BCUT2D eigenvalue weighted by Crippen LogP contribution is -2.25. The molecule has 2 aliphatic carbocycles. The molecular weight excluding hydrogens is 498 g/mol. The van der Waals surface area contributed by atoms with Gasteiger partial charge >= 0.3 is 21.0 Å². The van der Waals surface area contributed by atoms with Crippen LogP contribution in [0.4, 0.5) is 7.77 Å². The highest BCUT2D eigenvalue weighted by atomic mass is 32.3. The van der Waals surface area contributed by atoms with Crippen molar-refractivity contribution in [2.75, 3.05) is 0 Å². The van der Waals surface area contributed by atoms with E-state index in [1.807, 2.05) is 48.5 Å². The van der Waals surface area contributed by atoms with Gasteiger partial charge in [-0.15, -0.1) is 0 Å². The smallest absolute Gasteiger partial charge is 0.358 e. The topological polar surface area (TPSA) is 86.7 Å². The summed E-state index contributed by atoms with van der Waals surface area (Å²) in [7, 11) is -10.6. The van der Waals surface area contributed by atoms with Crippen molar-refractivity contribution in [3.8, 4) is 33.8 Å². The lowest BCUT2D eigenvalue weighted by Gasteiger charge is -2.30. The molecule has 10 heteroatoms. The van der Waals surface area contributed by atoms with Gasteiger partial charge in [0.15, 0.2) is 0 Å². The van der Waals surface area contributed by atoms with Crippen LogP contribution in [0.3, 0.4) is 0 Å². The van der Waals surface area contributed by atoms with E-state index in [0.29, 0.717) is 11.1 Å². The molecule has 0 saturated carbocycles. The molecule has 0 amide bonds. The van der Waals surface area contributed by atoms with E-state index < -0.39 is 26.4 Å². The molecule has 0 N–H and O–H groups in total. The second-order valence-corrected chi connectivity index (χ2v) is 10.1. The van der Waals surface area contributed by atoms with Crippen molar-refractivity contribution in [3.05, 3.63) is 107 Å². The molecule has 176 valence electrons. The Morgan fingerprint density at radius 1 is 0.514 bits per heavy atom. The summed E-state index contributed by atoms with van der Waals surface area (Å²) in [6.07, 6.45) is 0. The third-order valence-electron chi connectivity index (χ3n) is 6.42. The Morgan fingerprint density at radius 3 is 1.29 bits per heavy atom. The van der Waals surface area contributed by atoms with Gasteiger partial charge in [-0.2, -0.15) is 16.8 Å². The zero-order valence-corrected chi connectivity index (χ0v) is 19.2. The second-order valence-electron chi connectivity index (χ2n) is 8.21. The van der Waals surface area contributed by atoms with Crippen LogP contribution in [0.15, 0.2) is 84.9 Å². The SMILES string of the molecule is O=S(=O)(F)Oc1ccc2c(c1)-c1cc(OS(=O)(=O)F)ccc1C21c2ccccc2-c2ccccc21. The molecule has 6 rings (SSSR count). The summed E-state index contributed by atoms with van der Waals surface area (Å²) in [4.78, 5) is 0. The summed E-state index contributed by atoms with van der Waals surface area (Å²) in [5.41, 5.74) is 5.50. The van der Waals surface area contributed by atoms with Crippen LogP contribution in [0.1, 0.15) is 22.3 Å². The number of benzene rings is 4. The maximum absolute atomic E-state index is 13.3. The Labute approximate surface area is 200 Å². The number of fused-ring (bicyclic) bond motifs is 10. The fraction of sp³-hybridized carbons (Fsp3) is 0.0400. The molecule has 0 radical (unpaired) electrons. The monoisotopic (exact) mass is 512 g/mol. The van der Waals surface area contributed by atoms with Crippen molar-refractivity contribution in [1.82, 2.24) is 0 Å². The summed E-state index contributed by atoms with van der Waals surface area (Å²) < 4.78 is 80.0. The molecule has 0 aromatic heterocycles. The maximum atomic E-state index is 13.3. The summed E-state index contributed by atoms with van der Waals surface area (Å²) in [6.45, 7) is 0. The van der Waals surface area contributed by atoms with Crippen LogP contribution in [0.5, 0.6) is 11.5 Å². The minimum atomic E-state index is -5.28. The number of hydrogen-bond acceptors (Lipinski definition) is 6. The van der Waals surface area contributed by atoms with E-state index in [4.69, 9.17) is 0 Å². The Kier molecular flexibility index (Phi) is 4.43. The zero-order chi connectivity index (χ0) is 24.6. The first-order valence-corrected chi connectivity index (χ1v) is 13.0. The Morgan fingerprint density at radius 2 is 0.886 bits per heavy atom. The molecule has 0 saturated heterocycles. The maximum Gasteiger partial charge on any atom is 0.488 e. The Balaban J connectivity index is 1.71. The predicted octanol–water partition coefficient (Wildman–Crippen LogP) is 5.22. The number of hydrogen-bond donors (Lipinski definition) is 0. The molecule has 0 heterocycles. The van der Waals surface area contributed by atoms with Gasteiger partial charge in [0.1, 0.15) is 11.5 Å². The normalized spacial score (nSPS) is 14.7. The van der Waals surface area contributed by atoms with Crippen molar-refractivity contribution >= 4 is 21.0 Å². The first kappa shape index (κ1) is 21.8. The predicted molar refractivity (Wildman–Crippen MR) is 124 cm³/mol. The summed E-state index contributed by atoms with van der Waals surface area (Å²) in [5.74, 6) is -0.531. The molecule has 0 aliphatic heterocycles. The zero-order valence-electron chi connectivity index (χ0n) is 17.6. The number of halogens is 2. The van der Waals surface area contributed by atoms with Gasteiger partial charge in [-0.3, -0.25) is 0 Å². The van der Waals surface area contributed by atoms with Gasteiger partial charge < -0.3 is 8.37 Å². The van der Waals surface area contributed by atoms with Crippen LogP contribution < -0.4 is 8.37 Å². The fourth-order valence-corrected chi connectivity index (χ4v) is 6.11. The van der Waals surface area contributed by atoms with E-state index in [9.17, 15) is 24.6 Å². The Hall–Kier alpha value is -3.76. The highest BCUT2D eigenvalue weighted by molar-refractivity contribution is 7.82. The minimum Gasteiger partial charge on any atom is -0.358 e. The molecule has 0 bridgehead atoms. The lowest BCUT2D eigenvalue weighted by molar-refractivity contribution is 0.437. The van der Waals surface area contributed by atoms with Crippen molar-refractivity contribution in [2.45, 2.75) is 5.41 Å². The number of rotatable bonds is 4. The molecule has 4 aromatic carbocycles. The van der Waals surface area contributed by atoms with Crippen LogP contribution >= 0.6 is 0 Å². The first-order chi connectivity index (χ1) is 16.6. The summed E-state index contributed by atoms with van der Waals surface area (Å²) >= 11 is 0. The molecule has 0 unspecified atom stereocenters. The van der Waals surface area contributed by atoms with Gasteiger partial charge in [0.05, 0.1) is 5.41 Å². The van der Waals surface area contributed by atoms with E-state index in [-0.39, 0.29) is 11.5 Å². The molecule has 6 nitrogen and oxygen atoms in total. The van der Waals surface area contributed by atoms with Crippen molar-refractivity contribution in [3.63, 3.8) is 0 Å². The quantitative estimate of drug-likeness (QED) is 0.301. The van der Waals surface area contributed by atoms with Crippen molar-refractivity contribution in [2.24, 2.45) is 0 Å². The van der Waals surface area contributed by atoms with Crippen LogP contribution in [0.25, 0.3) is 22.3 Å². The van der Waals surface area contributed by atoms with Gasteiger partial charge in [-0.05, 0) is 68.8 Å². The van der Waals surface area contributed by atoms with Crippen LogP contribution in [0, 0.1) is 0 Å². The van der Waals surface area contributed by atoms with E-state index in [0.717, 1.165) is 33.4 Å². The van der Waals surface area contributed by atoms with Gasteiger partial charge in [0.25, 0.3) is 0 Å². The third-order valence-corrected chi connectivity index (χ3v) is 7.21. The standard InChI is InChI=1S/C25H14F2O6S2/c26-34(28,29)32-15-9-11-23-19(13-15)20-14-16(33-35(27,30)31)10-12-24(20)25(23)21-7-3-1-5-17(21)18-6-2-4-8-22(18)25/h1-14H. The van der Waals surface area contributed by atoms with Gasteiger partial charge in [-0.1, -0.05) is 68.4 Å². The fourth-order valence-electron chi connectivity index (χ4n) is 5.44. The van der Waals surface area contributed by atoms with E-state index in [2.05, 4.69) is 8.37 Å². The summed E-state index contributed by atoms with van der Waals surface area (Å²) in [5, 5.41) is 0. The molecule has 2 aliphatic rings. The Bertz CT molecular complexity index is 1630. The van der Waals surface area contributed by atoms with Crippen LogP contribution in [-0.2, 0) is 26.4 Å². The third kappa shape index (κ3) is 3.24. The highest BCUT2D eigenvalue weighted by Crippen LogP contribution is 2.63. The average molecular weight is 513 g/mol. The molecule has 35 heavy (non-hydrogen) atoms. The molecule has 4 aromatic rings. The van der Waals surface area contributed by atoms with Gasteiger partial charge in [-0.25, -0.2) is 0 Å². The second kappa shape index (κ2) is 7.12. The average Bonchev–Trinajstić information content (AvgIpc) is 3.23. The van der Waals surface area contributed by atoms with Crippen molar-refractivity contribution in [1.29, 1.82) is 0 Å². The van der Waals surface area contributed by atoms with Gasteiger partial charge in [0, 0.05) is 0 Å².